The van der Waals surface area contributed by atoms with Gasteiger partial charge < -0.3 is 9.73 Å². The molecule has 6 rings (SSSR count). The number of furan rings is 1. The largest absolute Gasteiger partial charge is 0.455 e. The fourth-order valence-electron chi connectivity index (χ4n) is 7.34. The fourth-order valence-corrected chi connectivity index (χ4v) is 7.34. The van der Waals surface area contributed by atoms with Crippen LogP contribution in [0.2, 0.25) is 0 Å². The van der Waals surface area contributed by atoms with Gasteiger partial charge >= 0.3 is 0 Å². The van der Waals surface area contributed by atoms with Crippen molar-refractivity contribution in [3.05, 3.63) is 48.0 Å². The van der Waals surface area contributed by atoms with Crippen LogP contribution in [-0.2, 0) is 6.54 Å². The molecule has 138 valence electrons. The van der Waals surface area contributed by atoms with Crippen LogP contribution in [0.4, 0.5) is 4.39 Å². The van der Waals surface area contributed by atoms with E-state index >= 15 is 0 Å². The van der Waals surface area contributed by atoms with Crippen molar-refractivity contribution in [2.24, 2.45) is 16.7 Å². The summed E-state index contributed by atoms with van der Waals surface area (Å²) in [5.74, 6) is 2.56. The van der Waals surface area contributed by atoms with E-state index in [9.17, 15) is 4.39 Å². The second-order valence-corrected chi connectivity index (χ2v) is 10.2. The van der Waals surface area contributed by atoms with E-state index < -0.39 is 0 Å². The molecule has 0 aliphatic heterocycles. The van der Waals surface area contributed by atoms with E-state index in [1.807, 2.05) is 6.07 Å². The van der Waals surface area contributed by atoms with Crippen molar-refractivity contribution in [1.82, 2.24) is 0 Å². The van der Waals surface area contributed by atoms with E-state index in [0.29, 0.717) is 16.4 Å². The van der Waals surface area contributed by atoms with Gasteiger partial charge in [0.15, 0.2) is 5.76 Å². The number of hydrogen-bond donors (Lipinski definition) is 1. The Morgan fingerprint density at radius 3 is 2.31 bits per heavy atom. The highest BCUT2D eigenvalue weighted by Crippen LogP contribution is 2.65. The van der Waals surface area contributed by atoms with Gasteiger partial charge in [0.25, 0.3) is 0 Å². The number of quaternary nitrogens is 1. The molecule has 4 atom stereocenters. The SMILES string of the molecule is C[C@]12CC3CC([NH2+]Cc4ccc(-c5ccc(F)cc5)o4)(C1)C[C@@](C)(C3)C2. The van der Waals surface area contributed by atoms with Gasteiger partial charge in [-0.2, -0.15) is 0 Å². The predicted molar refractivity (Wildman–Crippen MR) is 99.9 cm³/mol. The molecule has 1 heterocycles. The molecule has 4 bridgehead atoms. The van der Waals surface area contributed by atoms with Crippen LogP contribution in [0, 0.1) is 22.6 Å². The summed E-state index contributed by atoms with van der Waals surface area (Å²) < 4.78 is 19.2. The van der Waals surface area contributed by atoms with Crippen LogP contribution in [-0.4, -0.2) is 5.54 Å². The normalized spacial score (nSPS) is 38.0. The maximum atomic E-state index is 13.1. The minimum atomic E-state index is -0.210. The standard InChI is InChI=1S/C23H28FNO/c1-21-9-16-10-22(2,13-21)15-23(11-16,14-21)25-12-19-7-8-20(26-19)17-3-5-18(24)6-4-17/h3-8,16,25H,9-15H2,1-2H3/p+1/t16?,21-,22+,23?. The van der Waals surface area contributed by atoms with Gasteiger partial charge in [-0.3, -0.25) is 0 Å². The molecule has 4 aliphatic rings. The van der Waals surface area contributed by atoms with Gasteiger partial charge in [-0.25, -0.2) is 4.39 Å². The summed E-state index contributed by atoms with van der Waals surface area (Å²) in [6.45, 7) is 5.95. The lowest BCUT2D eigenvalue weighted by Crippen LogP contribution is -2.98. The Kier molecular flexibility index (Phi) is 3.47. The number of nitrogens with two attached hydrogens (primary N) is 1. The smallest absolute Gasteiger partial charge is 0.158 e. The van der Waals surface area contributed by atoms with E-state index in [4.69, 9.17) is 4.42 Å². The molecule has 4 aliphatic carbocycles. The zero-order valence-corrected chi connectivity index (χ0v) is 15.9. The second-order valence-electron chi connectivity index (χ2n) is 10.2. The Labute approximate surface area is 155 Å². The van der Waals surface area contributed by atoms with Crippen molar-refractivity contribution in [3.63, 3.8) is 0 Å². The molecule has 1 aromatic heterocycles. The first-order valence-corrected chi connectivity index (χ1v) is 10.0. The number of hydrogen-bond acceptors (Lipinski definition) is 1. The Morgan fingerprint density at radius 2 is 1.65 bits per heavy atom. The van der Waals surface area contributed by atoms with Gasteiger partial charge in [0.1, 0.15) is 18.1 Å². The average Bonchev–Trinajstić information content (AvgIpc) is 2.99. The van der Waals surface area contributed by atoms with Crippen LogP contribution in [0.3, 0.4) is 0 Å². The van der Waals surface area contributed by atoms with Gasteiger partial charge in [-0.15, -0.1) is 0 Å². The third-order valence-corrected chi connectivity index (χ3v) is 7.20. The first kappa shape index (κ1) is 16.6. The van der Waals surface area contributed by atoms with E-state index in [-0.39, 0.29) is 5.82 Å². The third kappa shape index (κ3) is 2.81. The Morgan fingerprint density at radius 1 is 0.962 bits per heavy atom. The van der Waals surface area contributed by atoms with E-state index in [1.54, 1.807) is 12.1 Å². The monoisotopic (exact) mass is 354 g/mol. The van der Waals surface area contributed by atoms with E-state index in [1.165, 1.54) is 50.7 Å². The van der Waals surface area contributed by atoms with Gasteiger partial charge in [0, 0.05) is 24.8 Å². The molecule has 0 saturated heterocycles. The molecule has 0 radical (unpaired) electrons. The minimum absolute atomic E-state index is 0.210. The third-order valence-electron chi connectivity index (χ3n) is 7.20. The minimum Gasteiger partial charge on any atom is -0.455 e. The Bertz CT molecular complexity index is 805. The maximum Gasteiger partial charge on any atom is 0.158 e. The molecule has 4 fully saturated rings. The van der Waals surface area contributed by atoms with Crippen molar-refractivity contribution in [2.45, 2.75) is 64.5 Å². The first-order valence-electron chi connectivity index (χ1n) is 10.0. The van der Waals surface area contributed by atoms with E-state index in [0.717, 1.165) is 29.5 Å². The highest BCUT2D eigenvalue weighted by Gasteiger charge is 2.62. The molecule has 4 saturated carbocycles. The molecule has 3 heteroatoms. The number of halogens is 1. The molecule has 1 aromatic carbocycles. The highest BCUT2D eigenvalue weighted by atomic mass is 19.1. The molecule has 0 spiro atoms. The molecular weight excluding hydrogens is 325 g/mol. The molecule has 0 amide bonds. The van der Waals surface area contributed by atoms with Crippen molar-refractivity contribution >= 4 is 0 Å². The van der Waals surface area contributed by atoms with Crippen LogP contribution in [0.25, 0.3) is 11.3 Å². The van der Waals surface area contributed by atoms with Crippen LogP contribution in [0.15, 0.2) is 40.8 Å². The molecule has 2 unspecified atom stereocenters. The fraction of sp³-hybridized carbons (Fsp3) is 0.565. The lowest BCUT2D eigenvalue weighted by atomic mass is 9.43. The lowest BCUT2D eigenvalue weighted by Gasteiger charge is -2.63. The predicted octanol–water partition coefficient (Wildman–Crippen LogP) is 4.90. The summed E-state index contributed by atoms with van der Waals surface area (Å²) >= 11 is 0. The van der Waals surface area contributed by atoms with Gasteiger partial charge in [0.2, 0.25) is 0 Å². The topological polar surface area (TPSA) is 29.8 Å². The molecule has 26 heavy (non-hydrogen) atoms. The Hall–Kier alpha value is -1.61. The van der Waals surface area contributed by atoms with Crippen LogP contribution in [0.5, 0.6) is 0 Å². The summed E-state index contributed by atoms with van der Waals surface area (Å²) in [5.41, 5.74) is 2.44. The van der Waals surface area contributed by atoms with Crippen molar-refractivity contribution < 1.29 is 14.1 Å². The average molecular weight is 354 g/mol. The number of benzene rings is 1. The summed E-state index contributed by atoms with van der Waals surface area (Å²) in [6, 6.07) is 10.6. The maximum absolute atomic E-state index is 13.1. The zero-order valence-electron chi connectivity index (χ0n) is 15.9. The highest BCUT2D eigenvalue weighted by molar-refractivity contribution is 5.57. The van der Waals surface area contributed by atoms with Crippen LogP contribution >= 0.6 is 0 Å². The molecule has 2 aromatic rings. The molecule has 2 nitrogen and oxygen atoms in total. The summed E-state index contributed by atoms with van der Waals surface area (Å²) in [5, 5.41) is 2.58. The van der Waals surface area contributed by atoms with Gasteiger partial charge in [0.05, 0.1) is 5.54 Å². The van der Waals surface area contributed by atoms with Gasteiger partial charge in [-0.1, -0.05) is 13.8 Å². The van der Waals surface area contributed by atoms with Crippen LogP contribution < -0.4 is 5.32 Å². The number of rotatable bonds is 4. The summed E-state index contributed by atoms with van der Waals surface area (Å²) in [4.78, 5) is 0. The van der Waals surface area contributed by atoms with E-state index in [2.05, 4.69) is 25.2 Å². The van der Waals surface area contributed by atoms with Crippen molar-refractivity contribution in [1.29, 1.82) is 0 Å². The zero-order chi connectivity index (χ0) is 18.0. The van der Waals surface area contributed by atoms with Crippen LogP contribution in [0.1, 0.15) is 58.1 Å². The lowest BCUT2D eigenvalue weighted by molar-refractivity contribution is -0.757. The molecular formula is C23H29FNO+. The first-order chi connectivity index (χ1) is 12.3. The second kappa shape index (κ2) is 5.45. The van der Waals surface area contributed by atoms with Gasteiger partial charge in [-0.05, 0) is 72.4 Å². The quantitative estimate of drug-likeness (QED) is 0.832. The van der Waals surface area contributed by atoms with Crippen molar-refractivity contribution in [3.8, 4) is 11.3 Å². The summed E-state index contributed by atoms with van der Waals surface area (Å²) in [7, 11) is 0. The summed E-state index contributed by atoms with van der Waals surface area (Å²) in [6.07, 6.45) is 8.39. The molecule has 2 N–H and O–H groups in total. The van der Waals surface area contributed by atoms with Crippen molar-refractivity contribution in [2.75, 3.05) is 0 Å². The Balaban J connectivity index is 1.32.